The fourth-order valence-corrected chi connectivity index (χ4v) is 2.04. The minimum absolute atomic E-state index is 0.290. The van der Waals surface area contributed by atoms with Gasteiger partial charge >= 0.3 is 5.97 Å². The topological polar surface area (TPSA) is 81.4 Å². The number of anilines is 1. The molecule has 2 aromatic heterocycles. The smallest absolute Gasteiger partial charge is 0.328 e. The van der Waals surface area contributed by atoms with Crippen LogP contribution in [0.3, 0.4) is 0 Å². The highest BCUT2D eigenvalue weighted by Gasteiger charge is 2.21. The maximum Gasteiger partial charge on any atom is 0.328 e. The van der Waals surface area contributed by atoms with E-state index in [4.69, 9.17) is 4.74 Å². The van der Waals surface area contributed by atoms with Crippen molar-refractivity contribution < 1.29 is 9.53 Å². The summed E-state index contributed by atoms with van der Waals surface area (Å²) in [5, 5.41) is 7.28. The molecule has 0 aromatic carbocycles. The standard InChI is InChI=1S/C13H19N5O2/c1-8(2)5-10(12(19)20-4)17-11-6-9(3)16-13-14-7-15-18(11)13/h6-8,10,17H,5H2,1-4H3. The number of carbonyl (C=O) groups is 1. The molecule has 0 aliphatic heterocycles. The average molecular weight is 277 g/mol. The first-order valence-electron chi connectivity index (χ1n) is 6.53. The van der Waals surface area contributed by atoms with Gasteiger partial charge in [-0.1, -0.05) is 13.8 Å². The Morgan fingerprint density at radius 1 is 1.50 bits per heavy atom. The molecule has 0 aliphatic rings. The van der Waals surface area contributed by atoms with Crippen molar-refractivity contribution in [3.8, 4) is 0 Å². The minimum Gasteiger partial charge on any atom is -0.467 e. The van der Waals surface area contributed by atoms with Gasteiger partial charge in [0.15, 0.2) is 0 Å². The largest absolute Gasteiger partial charge is 0.467 e. The number of fused-ring (bicyclic) bond motifs is 1. The molecule has 2 aromatic rings. The Hall–Kier alpha value is -2.18. The summed E-state index contributed by atoms with van der Waals surface area (Å²) in [5.74, 6) is 1.25. The first-order chi connectivity index (χ1) is 9.51. The summed E-state index contributed by atoms with van der Waals surface area (Å²) >= 11 is 0. The van der Waals surface area contributed by atoms with Crippen molar-refractivity contribution in [1.29, 1.82) is 0 Å². The molecule has 0 aliphatic carbocycles. The Morgan fingerprint density at radius 2 is 2.25 bits per heavy atom. The van der Waals surface area contributed by atoms with E-state index in [2.05, 4.69) is 34.2 Å². The molecule has 0 fully saturated rings. The van der Waals surface area contributed by atoms with Crippen molar-refractivity contribution >= 4 is 17.6 Å². The molecule has 1 unspecified atom stereocenters. The van der Waals surface area contributed by atoms with Crippen molar-refractivity contribution in [1.82, 2.24) is 19.6 Å². The third-order valence-corrected chi connectivity index (χ3v) is 2.89. The number of esters is 1. The molecule has 108 valence electrons. The lowest BCUT2D eigenvalue weighted by molar-refractivity contribution is -0.141. The lowest BCUT2D eigenvalue weighted by atomic mass is 10.0. The van der Waals surface area contributed by atoms with Crippen LogP contribution in [-0.4, -0.2) is 38.7 Å². The summed E-state index contributed by atoms with van der Waals surface area (Å²) < 4.78 is 6.42. The number of hydrogen-bond donors (Lipinski definition) is 1. The number of nitrogens with zero attached hydrogens (tertiary/aromatic N) is 4. The van der Waals surface area contributed by atoms with E-state index in [0.717, 1.165) is 5.69 Å². The molecule has 0 saturated heterocycles. The summed E-state index contributed by atoms with van der Waals surface area (Å²) in [6.45, 7) is 5.98. The maximum atomic E-state index is 11.9. The highest BCUT2D eigenvalue weighted by molar-refractivity contribution is 5.79. The van der Waals surface area contributed by atoms with Gasteiger partial charge in [0.25, 0.3) is 5.78 Å². The molecule has 2 rings (SSSR count). The number of aryl methyl sites for hydroxylation is 1. The molecule has 0 radical (unpaired) electrons. The Morgan fingerprint density at radius 3 is 2.90 bits per heavy atom. The van der Waals surface area contributed by atoms with Gasteiger partial charge in [-0.25, -0.2) is 9.78 Å². The van der Waals surface area contributed by atoms with Gasteiger partial charge in [0, 0.05) is 11.8 Å². The summed E-state index contributed by atoms with van der Waals surface area (Å²) in [5.41, 5.74) is 0.807. The zero-order chi connectivity index (χ0) is 14.7. The van der Waals surface area contributed by atoms with Crippen LogP contribution >= 0.6 is 0 Å². The molecule has 0 saturated carbocycles. The van der Waals surface area contributed by atoms with Crippen molar-refractivity contribution in [2.75, 3.05) is 12.4 Å². The fourth-order valence-electron chi connectivity index (χ4n) is 2.04. The van der Waals surface area contributed by atoms with Gasteiger partial charge in [-0.05, 0) is 19.3 Å². The van der Waals surface area contributed by atoms with Gasteiger partial charge in [0.2, 0.25) is 0 Å². The Labute approximate surface area is 117 Å². The summed E-state index contributed by atoms with van der Waals surface area (Å²) in [6.07, 6.45) is 2.10. The maximum absolute atomic E-state index is 11.9. The molecule has 7 nitrogen and oxygen atoms in total. The van der Waals surface area contributed by atoms with Gasteiger partial charge < -0.3 is 10.1 Å². The molecular weight excluding hydrogens is 258 g/mol. The van der Waals surface area contributed by atoms with Crippen molar-refractivity contribution in [2.24, 2.45) is 5.92 Å². The second-order valence-corrected chi connectivity index (χ2v) is 5.10. The Balaban J connectivity index is 2.32. The first kappa shape index (κ1) is 14.2. The van der Waals surface area contributed by atoms with E-state index in [0.29, 0.717) is 23.9 Å². The van der Waals surface area contributed by atoms with Crippen LogP contribution in [0, 0.1) is 12.8 Å². The van der Waals surface area contributed by atoms with Crippen molar-refractivity contribution in [3.05, 3.63) is 18.1 Å². The minimum atomic E-state index is -0.422. The predicted octanol–water partition coefficient (Wildman–Crippen LogP) is 1.43. The van der Waals surface area contributed by atoms with Crippen LogP contribution in [0.25, 0.3) is 5.78 Å². The molecular formula is C13H19N5O2. The molecule has 20 heavy (non-hydrogen) atoms. The molecule has 1 N–H and O–H groups in total. The lowest BCUT2D eigenvalue weighted by Gasteiger charge is -2.19. The normalized spacial score (nSPS) is 12.7. The second kappa shape index (κ2) is 5.85. The molecule has 0 bridgehead atoms. The van der Waals surface area contributed by atoms with Gasteiger partial charge in [-0.15, -0.1) is 0 Å². The number of nitrogens with one attached hydrogen (secondary N) is 1. The van der Waals surface area contributed by atoms with Gasteiger partial charge in [0.1, 0.15) is 18.2 Å². The lowest BCUT2D eigenvalue weighted by Crippen LogP contribution is -2.33. The van der Waals surface area contributed by atoms with Crippen LogP contribution in [0.1, 0.15) is 26.0 Å². The van der Waals surface area contributed by atoms with E-state index >= 15 is 0 Å². The number of aromatic nitrogens is 4. The van der Waals surface area contributed by atoms with Crippen LogP contribution in [0.5, 0.6) is 0 Å². The summed E-state index contributed by atoms with van der Waals surface area (Å²) in [6, 6.07) is 1.41. The van der Waals surface area contributed by atoms with E-state index in [-0.39, 0.29) is 5.97 Å². The third-order valence-electron chi connectivity index (χ3n) is 2.89. The van der Waals surface area contributed by atoms with Gasteiger partial charge in [0.05, 0.1) is 7.11 Å². The second-order valence-electron chi connectivity index (χ2n) is 5.10. The number of methoxy groups -OCH3 is 1. The quantitative estimate of drug-likeness (QED) is 0.833. The summed E-state index contributed by atoms with van der Waals surface area (Å²) in [7, 11) is 1.39. The van der Waals surface area contributed by atoms with E-state index in [1.165, 1.54) is 13.4 Å². The van der Waals surface area contributed by atoms with Crippen LogP contribution in [0.15, 0.2) is 12.4 Å². The molecule has 7 heteroatoms. The zero-order valence-electron chi connectivity index (χ0n) is 12.1. The van der Waals surface area contributed by atoms with Crippen LogP contribution in [0.4, 0.5) is 5.82 Å². The summed E-state index contributed by atoms with van der Waals surface area (Å²) in [4.78, 5) is 20.2. The molecule has 1 atom stereocenters. The van der Waals surface area contributed by atoms with Crippen molar-refractivity contribution in [3.63, 3.8) is 0 Å². The average Bonchev–Trinajstić information content (AvgIpc) is 2.84. The van der Waals surface area contributed by atoms with Gasteiger partial charge in [-0.3, -0.25) is 0 Å². The zero-order valence-corrected chi connectivity index (χ0v) is 12.1. The molecule has 0 spiro atoms. The predicted molar refractivity (Wildman–Crippen MR) is 74.4 cm³/mol. The molecule has 2 heterocycles. The number of ether oxygens (including phenoxy) is 1. The highest BCUT2D eigenvalue weighted by Crippen LogP contribution is 2.15. The number of carbonyl (C=O) groups excluding carboxylic acids is 1. The van der Waals surface area contributed by atoms with Crippen molar-refractivity contribution in [2.45, 2.75) is 33.2 Å². The first-order valence-corrected chi connectivity index (χ1v) is 6.53. The van der Waals surface area contributed by atoms with Crippen LogP contribution in [-0.2, 0) is 9.53 Å². The Bertz CT molecular complexity index is 608. The monoisotopic (exact) mass is 277 g/mol. The Kier molecular flexibility index (Phi) is 4.16. The highest BCUT2D eigenvalue weighted by atomic mass is 16.5. The van der Waals surface area contributed by atoms with E-state index in [1.807, 2.05) is 13.0 Å². The van der Waals surface area contributed by atoms with E-state index in [9.17, 15) is 4.79 Å². The van der Waals surface area contributed by atoms with E-state index in [1.54, 1.807) is 4.52 Å². The molecule has 0 amide bonds. The third kappa shape index (κ3) is 3.04. The van der Waals surface area contributed by atoms with Gasteiger partial charge in [-0.2, -0.15) is 14.6 Å². The number of rotatable bonds is 5. The fraction of sp³-hybridized carbons (Fsp3) is 0.538. The SMILES string of the molecule is COC(=O)C(CC(C)C)Nc1cc(C)nc2ncnn12. The van der Waals surface area contributed by atoms with Crippen LogP contribution in [0.2, 0.25) is 0 Å². The van der Waals surface area contributed by atoms with E-state index < -0.39 is 6.04 Å². The van der Waals surface area contributed by atoms with Crippen LogP contribution < -0.4 is 5.32 Å². The number of hydrogen-bond acceptors (Lipinski definition) is 6.